The number of nitrogens with two attached hydrogens (primary N) is 1. The molecule has 0 radical (unpaired) electrons. The second kappa shape index (κ2) is 4.99. The van der Waals surface area contributed by atoms with Gasteiger partial charge in [0, 0.05) is 0 Å². The third-order valence-electron chi connectivity index (χ3n) is 2.95. The van der Waals surface area contributed by atoms with Gasteiger partial charge in [-0.2, -0.15) is 0 Å². The number of nitrogen functional groups attached to an aromatic ring is 1. The van der Waals surface area contributed by atoms with Gasteiger partial charge in [0.1, 0.15) is 5.82 Å². The molecule has 0 unspecified atom stereocenters. The van der Waals surface area contributed by atoms with Gasteiger partial charge in [-0.3, -0.25) is 5.43 Å². The molecule has 19 heavy (non-hydrogen) atoms. The summed E-state index contributed by atoms with van der Waals surface area (Å²) in [7, 11) is 0. The zero-order chi connectivity index (χ0) is 13.1. The molecule has 0 bridgehead atoms. The van der Waals surface area contributed by atoms with Crippen molar-refractivity contribution in [3.05, 3.63) is 59.7 Å². The molecule has 0 amide bonds. The van der Waals surface area contributed by atoms with Crippen molar-refractivity contribution >= 4 is 17.3 Å². The lowest BCUT2D eigenvalue weighted by atomic mass is 10.0. The number of hydrazine groups is 2. The van der Waals surface area contributed by atoms with E-state index in [1.54, 1.807) is 0 Å². The van der Waals surface area contributed by atoms with Gasteiger partial charge < -0.3 is 11.2 Å². The summed E-state index contributed by atoms with van der Waals surface area (Å²) >= 11 is 0. The lowest BCUT2D eigenvalue weighted by Gasteiger charge is -2.08. The Labute approximate surface area is 111 Å². The Kier molecular flexibility index (Phi) is 3.04. The quantitative estimate of drug-likeness (QED) is 0.649. The number of hydrogen-bond donors (Lipinski definition) is 4. The Bertz CT molecular complexity index is 611. The van der Waals surface area contributed by atoms with Gasteiger partial charge in [-0.05, 0) is 23.6 Å². The molecule has 5 nitrogen and oxygen atoms in total. The number of aromatic nitrogens is 1. The summed E-state index contributed by atoms with van der Waals surface area (Å²) < 4.78 is 0. The fraction of sp³-hybridized carbons (Fsp3) is 0.0714. The van der Waals surface area contributed by atoms with Crippen LogP contribution in [-0.4, -0.2) is 4.98 Å². The first kappa shape index (κ1) is 11.6. The number of nitrogens with zero attached hydrogens (tertiary/aromatic N) is 1. The second-order valence-corrected chi connectivity index (χ2v) is 4.35. The van der Waals surface area contributed by atoms with Crippen LogP contribution in [0.25, 0.3) is 0 Å². The van der Waals surface area contributed by atoms with Crippen LogP contribution in [0.2, 0.25) is 0 Å². The smallest absolute Gasteiger partial charge is 0.169 e. The molecule has 0 spiro atoms. The van der Waals surface area contributed by atoms with Crippen LogP contribution in [0.3, 0.4) is 0 Å². The van der Waals surface area contributed by atoms with E-state index < -0.39 is 0 Å². The van der Waals surface area contributed by atoms with Gasteiger partial charge in [0.2, 0.25) is 0 Å². The molecule has 0 aromatic carbocycles. The molecule has 3 rings (SSSR count). The predicted octanol–water partition coefficient (Wildman–Crippen LogP) is 2.07. The molecule has 1 aromatic rings. The number of fused-ring (bicyclic) bond motifs is 1. The van der Waals surface area contributed by atoms with Crippen molar-refractivity contribution < 1.29 is 0 Å². The second-order valence-electron chi connectivity index (χ2n) is 4.35. The molecule has 96 valence electrons. The Morgan fingerprint density at radius 2 is 1.89 bits per heavy atom. The Morgan fingerprint density at radius 1 is 1.05 bits per heavy atom. The normalized spacial score (nSPS) is 19.5. The number of rotatable bonds is 2. The number of nitrogens with one attached hydrogen (secondary N) is 3. The van der Waals surface area contributed by atoms with E-state index in [2.05, 4.69) is 33.5 Å². The monoisotopic (exact) mass is 253 g/mol. The van der Waals surface area contributed by atoms with Crippen LogP contribution < -0.4 is 22.1 Å². The molecule has 5 N–H and O–H groups in total. The van der Waals surface area contributed by atoms with E-state index in [1.165, 1.54) is 5.57 Å². The van der Waals surface area contributed by atoms with Gasteiger partial charge in [-0.1, -0.05) is 42.5 Å². The number of hydrogen-bond acceptors (Lipinski definition) is 5. The van der Waals surface area contributed by atoms with Crippen LogP contribution in [0, 0.1) is 0 Å². The summed E-state index contributed by atoms with van der Waals surface area (Å²) in [6, 6.07) is 1.90. The first-order chi connectivity index (χ1) is 9.33. The number of allylic oxidation sites excluding steroid dienone is 8. The molecule has 0 saturated carbocycles. The molecule has 0 fully saturated rings. The molecular formula is C14H15N5. The highest BCUT2D eigenvalue weighted by molar-refractivity contribution is 5.74. The van der Waals surface area contributed by atoms with Crippen molar-refractivity contribution in [2.24, 2.45) is 0 Å². The summed E-state index contributed by atoms with van der Waals surface area (Å²) in [6.45, 7) is 0. The Hall–Kier alpha value is -2.53. The van der Waals surface area contributed by atoms with E-state index in [9.17, 15) is 0 Å². The first-order valence-electron chi connectivity index (χ1n) is 6.10. The third kappa shape index (κ3) is 2.51. The maximum absolute atomic E-state index is 5.82. The maximum atomic E-state index is 5.82. The van der Waals surface area contributed by atoms with Crippen molar-refractivity contribution in [2.45, 2.75) is 6.42 Å². The van der Waals surface area contributed by atoms with Gasteiger partial charge >= 0.3 is 0 Å². The number of anilines is 3. The first-order valence-corrected chi connectivity index (χ1v) is 6.10. The van der Waals surface area contributed by atoms with Crippen LogP contribution in [0.4, 0.5) is 17.3 Å². The van der Waals surface area contributed by atoms with Crippen molar-refractivity contribution in [3.8, 4) is 0 Å². The van der Waals surface area contributed by atoms with Crippen molar-refractivity contribution in [2.75, 3.05) is 16.6 Å². The van der Waals surface area contributed by atoms with Crippen molar-refractivity contribution in [3.63, 3.8) is 0 Å². The van der Waals surface area contributed by atoms with E-state index in [0.717, 1.165) is 23.5 Å². The Balaban J connectivity index is 1.91. The average molecular weight is 253 g/mol. The number of pyridine rings is 1. The summed E-state index contributed by atoms with van der Waals surface area (Å²) in [5.41, 5.74) is 17.9. The predicted molar refractivity (Wildman–Crippen MR) is 78.2 cm³/mol. The minimum atomic E-state index is 0.512. The van der Waals surface area contributed by atoms with Gasteiger partial charge in [0.15, 0.2) is 5.82 Å². The largest absolute Gasteiger partial charge is 0.384 e. The minimum Gasteiger partial charge on any atom is -0.384 e. The average Bonchev–Trinajstić information content (AvgIpc) is 2.80. The molecule has 0 saturated heterocycles. The molecule has 1 aliphatic heterocycles. The van der Waals surface area contributed by atoms with E-state index in [0.29, 0.717) is 5.82 Å². The SMILES string of the molecule is Nc1cc(CC2=C/C=C\C=C/C=C2)c2c(n1)NNN2. The summed E-state index contributed by atoms with van der Waals surface area (Å²) in [6.07, 6.45) is 15.1. The zero-order valence-corrected chi connectivity index (χ0v) is 10.4. The molecule has 2 aliphatic rings. The van der Waals surface area contributed by atoms with E-state index >= 15 is 0 Å². The highest BCUT2D eigenvalue weighted by Gasteiger charge is 2.16. The van der Waals surface area contributed by atoms with Crippen molar-refractivity contribution in [1.29, 1.82) is 0 Å². The van der Waals surface area contributed by atoms with Crippen LogP contribution in [0.5, 0.6) is 0 Å². The van der Waals surface area contributed by atoms with Crippen molar-refractivity contribution in [1.82, 2.24) is 10.5 Å². The van der Waals surface area contributed by atoms with Gasteiger partial charge in [-0.25, -0.2) is 4.98 Å². The van der Waals surface area contributed by atoms with E-state index in [-0.39, 0.29) is 0 Å². The molecule has 1 aromatic heterocycles. The molecular weight excluding hydrogens is 238 g/mol. The lowest BCUT2D eigenvalue weighted by molar-refractivity contribution is 0.997. The standard InChI is InChI=1S/C14H15N5/c15-12-9-11(13-14(16-12)18-19-17-13)8-10-6-4-2-1-3-5-7-10/h1-7,9,17,19H,8H2,(H3,15,16,18)/b2-1-,3-1?,4-2?,5-3-,6-4?,7-5?,10-6?,10-7?. The molecule has 0 atom stereocenters. The summed E-state index contributed by atoms with van der Waals surface area (Å²) in [5.74, 6) is 1.25. The highest BCUT2D eigenvalue weighted by Crippen LogP contribution is 2.30. The van der Waals surface area contributed by atoms with Gasteiger partial charge in [0.05, 0.1) is 5.69 Å². The molecule has 1 aliphatic carbocycles. The minimum absolute atomic E-state index is 0.512. The molecule has 2 heterocycles. The summed E-state index contributed by atoms with van der Waals surface area (Å²) in [5, 5.41) is 0. The van der Waals surface area contributed by atoms with Crippen LogP contribution in [0.15, 0.2) is 54.2 Å². The van der Waals surface area contributed by atoms with Crippen LogP contribution in [-0.2, 0) is 6.42 Å². The van der Waals surface area contributed by atoms with Gasteiger partial charge in [-0.15, -0.1) is 5.53 Å². The fourth-order valence-corrected chi connectivity index (χ4v) is 2.09. The van der Waals surface area contributed by atoms with E-state index in [1.807, 2.05) is 36.4 Å². The van der Waals surface area contributed by atoms with Gasteiger partial charge in [0.25, 0.3) is 0 Å². The van der Waals surface area contributed by atoms with E-state index in [4.69, 9.17) is 5.73 Å². The Morgan fingerprint density at radius 3 is 2.84 bits per heavy atom. The summed E-state index contributed by atoms with van der Waals surface area (Å²) in [4.78, 5) is 4.22. The third-order valence-corrected chi connectivity index (χ3v) is 2.95. The zero-order valence-electron chi connectivity index (χ0n) is 10.4. The highest BCUT2D eigenvalue weighted by atomic mass is 15.6. The van der Waals surface area contributed by atoms with Crippen LogP contribution >= 0.6 is 0 Å². The van der Waals surface area contributed by atoms with Crippen LogP contribution in [0.1, 0.15) is 5.56 Å². The lowest BCUT2D eigenvalue weighted by Crippen LogP contribution is -2.19. The topological polar surface area (TPSA) is 75.0 Å². The maximum Gasteiger partial charge on any atom is 0.169 e. The fourth-order valence-electron chi connectivity index (χ4n) is 2.09. The molecule has 5 heteroatoms.